The van der Waals surface area contributed by atoms with Crippen molar-refractivity contribution >= 4 is 58.4 Å². The fourth-order valence-electron chi connectivity index (χ4n) is 3.72. The van der Waals surface area contributed by atoms with Crippen molar-refractivity contribution in [3.8, 4) is 0 Å². The zero-order valence-corrected chi connectivity index (χ0v) is 23.1. The monoisotopic (exact) mass is 562 g/mol. The molecule has 190 valence electrons. The minimum atomic E-state index is -0.722. The zero-order chi connectivity index (χ0) is 25.9. The van der Waals surface area contributed by atoms with Crippen LogP contribution in [-0.4, -0.2) is 35.1 Å². The number of rotatable bonds is 12. The summed E-state index contributed by atoms with van der Waals surface area (Å²) in [5.74, 6) is 0.390. The number of thioether (sulfide) groups is 1. The van der Waals surface area contributed by atoms with Crippen LogP contribution < -0.4 is 5.32 Å². The van der Waals surface area contributed by atoms with Gasteiger partial charge in [0.25, 0.3) is 0 Å². The highest BCUT2D eigenvalue weighted by molar-refractivity contribution is 7.99. The maximum atomic E-state index is 13.7. The van der Waals surface area contributed by atoms with Crippen LogP contribution in [0.3, 0.4) is 0 Å². The Morgan fingerprint density at radius 1 is 0.889 bits per heavy atom. The zero-order valence-electron chi connectivity index (χ0n) is 20.1. The molecule has 4 nitrogen and oxygen atoms in total. The topological polar surface area (TPSA) is 49.4 Å². The molecule has 36 heavy (non-hydrogen) atoms. The summed E-state index contributed by atoms with van der Waals surface area (Å²) in [6, 6.07) is 21.8. The van der Waals surface area contributed by atoms with Gasteiger partial charge in [-0.3, -0.25) is 9.59 Å². The quantitative estimate of drug-likeness (QED) is 0.257. The van der Waals surface area contributed by atoms with E-state index in [9.17, 15) is 9.59 Å². The molecule has 3 aromatic carbocycles. The van der Waals surface area contributed by atoms with Crippen LogP contribution in [0.25, 0.3) is 0 Å². The maximum absolute atomic E-state index is 13.7. The predicted octanol–water partition coefficient (Wildman–Crippen LogP) is 7.05. The molecule has 1 atom stereocenters. The molecule has 3 aromatic rings. The molecule has 0 aliphatic heterocycles. The fraction of sp³-hybridized carbons (Fsp3) is 0.286. The van der Waals surface area contributed by atoms with Crippen LogP contribution >= 0.6 is 46.6 Å². The van der Waals surface area contributed by atoms with Gasteiger partial charge >= 0.3 is 0 Å². The van der Waals surface area contributed by atoms with Gasteiger partial charge in [-0.15, -0.1) is 11.8 Å². The van der Waals surface area contributed by atoms with Gasteiger partial charge in [-0.1, -0.05) is 96.3 Å². The second kappa shape index (κ2) is 14.5. The van der Waals surface area contributed by atoms with E-state index in [1.165, 1.54) is 11.8 Å². The van der Waals surface area contributed by atoms with Crippen molar-refractivity contribution in [1.29, 1.82) is 0 Å². The smallest absolute Gasteiger partial charge is 0.243 e. The largest absolute Gasteiger partial charge is 0.354 e. The van der Waals surface area contributed by atoms with Crippen molar-refractivity contribution in [3.63, 3.8) is 0 Å². The first-order valence-electron chi connectivity index (χ1n) is 11.8. The van der Waals surface area contributed by atoms with E-state index < -0.39 is 6.04 Å². The lowest BCUT2D eigenvalue weighted by Gasteiger charge is -2.32. The Labute approximate surface area is 232 Å². The summed E-state index contributed by atoms with van der Waals surface area (Å²) < 4.78 is 0. The third-order valence-electron chi connectivity index (χ3n) is 5.65. The number of carbonyl (C=O) groups excluding carboxylic acids is 2. The van der Waals surface area contributed by atoms with E-state index in [0.29, 0.717) is 39.3 Å². The number of carbonyl (C=O) groups is 2. The molecule has 0 radical (unpaired) electrons. The lowest BCUT2D eigenvalue weighted by atomic mass is 10.0. The van der Waals surface area contributed by atoms with Crippen molar-refractivity contribution in [2.45, 2.75) is 38.1 Å². The molecule has 0 spiro atoms. The lowest BCUT2D eigenvalue weighted by Crippen LogP contribution is -2.51. The van der Waals surface area contributed by atoms with Gasteiger partial charge in [0, 0.05) is 45.9 Å². The summed E-state index contributed by atoms with van der Waals surface area (Å²) in [4.78, 5) is 28.6. The molecule has 0 aliphatic rings. The molecular formula is C28H29Cl3N2O2S. The molecule has 0 heterocycles. The molecule has 2 amide bonds. The lowest BCUT2D eigenvalue weighted by molar-refractivity contribution is -0.139. The van der Waals surface area contributed by atoms with Gasteiger partial charge in [-0.25, -0.2) is 0 Å². The number of hydrogen-bond acceptors (Lipinski definition) is 3. The number of hydrogen-bond donors (Lipinski definition) is 1. The van der Waals surface area contributed by atoms with Gasteiger partial charge in [-0.05, 0) is 35.7 Å². The van der Waals surface area contributed by atoms with E-state index in [-0.39, 0.29) is 24.1 Å². The van der Waals surface area contributed by atoms with Gasteiger partial charge in [0.05, 0.1) is 5.75 Å². The van der Waals surface area contributed by atoms with Gasteiger partial charge in [0.15, 0.2) is 0 Å². The molecule has 0 aromatic heterocycles. The average molecular weight is 564 g/mol. The van der Waals surface area contributed by atoms with Gasteiger partial charge in [-0.2, -0.15) is 0 Å². The summed E-state index contributed by atoms with van der Waals surface area (Å²) in [5, 5.41) is 4.54. The maximum Gasteiger partial charge on any atom is 0.243 e. The van der Waals surface area contributed by atoms with Crippen molar-refractivity contribution in [2.24, 2.45) is 0 Å². The molecule has 0 bridgehead atoms. The number of amides is 2. The highest BCUT2D eigenvalue weighted by atomic mass is 35.5. The molecule has 1 N–H and O–H groups in total. The van der Waals surface area contributed by atoms with Crippen molar-refractivity contribution in [1.82, 2.24) is 10.2 Å². The van der Waals surface area contributed by atoms with Crippen LogP contribution in [0.15, 0.2) is 72.8 Å². The Bertz CT molecular complexity index is 1140. The summed E-state index contributed by atoms with van der Waals surface area (Å²) in [6.07, 6.45) is 1.17. The molecule has 0 fully saturated rings. The standard InChI is InChI=1S/C28H29Cl3N2O2S/c1-2-15-32-28(35)26(16-20-9-4-3-5-10-20)33(17-22-24(30)13-8-14-25(22)31)27(34)19-36-18-21-11-6-7-12-23(21)29/h3-14,26H,2,15-19H2,1H3,(H,32,35). The van der Waals surface area contributed by atoms with Crippen LogP contribution in [-0.2, 0) is 28.3 Å². The predicted molar refractivity (Wildman–Crippen MR) is 152 cm³/mol. The molecule has 3 rings (SSSR count). The first-order chi connectivity index (χ1) is 17.4. The van der Waals surface area contributed by atoms with E-state index in [1.54, 1.807) is 23.1 Å². The van der Waals surface area contributed by atoms with Crippen molar-refractivity contribution in [2.75, 3.05) is 12.3 Å². The van der Waals surface area contributed by atoms with Gasteiger partial charge < -0.3 is 10.2 Å². The second-order valence-electron chi connectivity index (χ2n) is 8.30. The third-order valence-corrected chi connectivity index (χ3v) is 7.69. The van der Waals surface area contributed by atoms with Gasteiger partial charge in [0.1, 0.15) is 6.04 Å². The number of nitrogens with zero attached hydrogens (tertiary/aromatic N) is 1. The third kappa shape index (κ3) is 8.17. The Hall–Kier alpha value is -2.18. The molecular weight excluding hydrogens is 535 g/mol. The van der Waals surface area contributed by atoms with Crippen LogP contribution in [0.1, 0.15) is 30.0 Å². The summed E-state index contributed by atoms with van der Waals surface area (Å²) in [5.41, 5.74) is 2.53. The highest BCUT2D eigenvalue weighted by Gasteiger charge is 2.31. The first kappa shape index (κ1) is 28.4. The molecule has 0 aliphatic carbocycles. The first-order valence-corrected chi connectivity index (χ1v) is 14.0. The summed E-state index contributed by atoms with van der Waals surface area (Å²) in [7, 11) is 0. The van der Waals surface area contributed by atoms with E-state index >= 15 is 0 Å². The van der Waals surface area contributed by atoms with E-state index in [4.69, 9.17) is 34.8 Å². The summed E-state index contributed by atoms with van der Waals surface area (Å²) >= 11 is 20.7. The number of halogens is 3. The molecule has 1 unspecified atom stereocenters. The van der Waals surface area contributed by atoms with Crippen molar-refractivity contribution in [3.05, 3.63) is 105 Å². The normalized spacial score (nSPS) is 11.7. The average Bonchev–Trinajstić information content (AvgIpc) is 2.88. The van der Waals surface area contributed by atoms with Gasteiger partial charge in [0.2, 0.25) is 11.8 Å². The van der Waals surface area contributed by atoms with E-state index in [1.807, 2.05) is 61.5 Å². The Kier molecular flexibility index (Phi) is 11.5. The number of nitrogens with one attached hydrogen (secondary N) is 1. The minimum absolute atomic E-state index is 0.126. The Morgan fingerprint density at radius 3 is 2.19 bits per heavy atom. The summed E-state index contributed by atoms with van der Waals surface area (Å²) in [6.45, 7) is 2.64. The van der Waals surface area contributed by atoms with Crippen molar-refractivity contribution < 1.29 is 9.59 Å². The van der Waals surface area contributed by atoms with Crippen LogP contribution in [0.5, 0.6) is 0 Å². The van der Waals surface area contributed by atoms with E-state index in [0.717, 1.165) is 17.5 Å². The number of benzene rings is 3. The fourth-order valence-corrected chi connectivity index (χ4v) is 5.43. The van der Waals surface area contributed by atoms with Crippen LogP contribution in [0.4, 0.5) is 0 Å². The minimum Gasteiger partial charge on any atom is -0.354 e. The Morgan fingerprint density at radius 2 is 1.53 bits per heavy atom. The second-order valence-corrected chi connectivity index (χ2v) is 10.5. The molecule has 8 heteroatoms. The van der Waals surface area contributed by atoms with Crippen LogP contribution in [0, 0.1) is 0 Å². The highest BCUT2D eigenvalue weighted by Crippen LogP contribution is 2.28. The Balaban J connectivity index is 1.89. The molecule has 0 saturated heterocycles. The van der Waals surface area contributed by atoms with Crippen LogP contribution in [0.2, 0.25) is 15.1 Å². The molecule has 0 saturated carbocycles. The SMILES string of the molecule is CCCNC(=O)C(Cc1ccccc1)N(Cc1c(Cl)cccc1Cl)C(=O)CSCc1ccccc1Cl. The van der Waals surface area contributed by atoms with E-state index in [2.05, 4.69) is 5.32 Å².